The van der Waals surface area contributed by atoms with E-state index in [1.807, 2.05) is 0 Å². The van der Waals surface area contributed by atoms with Crippen molar-refractivity contribution >= 4 is 24.4 Å². The summed E-state index contributed by atoms with van der Waals surface area (Å²) in [6.07, 6.45) is 0. The predicted molar refractivity (Wildman–Crippen MR) is 50.1 cm³/mol. The molecule has 4 nitrogen and oxygen atoms in total. The molecule has 0 saturated carbocycles. The highest BCUT2D eigenvalue weighted by Gasteiger charge is 2.05. The molecule has 0 rings (SSSR count). The molecule has 12 heavy (non-hydrogen) atoms. The number of hydrogen-bond acceptors (Lipinski definition) is 3. The van der Waals surface area contributed by atoms with Gasteiger partial charge in [-0.25, -0.2) is 0 Å². The van der Waals surface area contributed by atoms with Gasteiger partial charge in [0.05, 0.1) is 5.25 Å². The lowest BCUT2D eigenvalue weighted by atomic mass is 10.4. The van der Waals surface area contributed by atoms with Crippen LogP contribution >= 0.6 is 12.6 Å². The number of thiol groups is 1. The van der Waals surface area contributed by atoms with Crippen molar-refractivity contribution in [2.24, 2.45) is 0 Å². The third kappa shape index (κ3) is 6.03. The monoisotopic (exact) mass is 190 g/mol. The van der Waals surface area contributed by atoms with Crippen LogP contribution in [-0.4, -0.2) is 30.2 Å². The van der Waals surface area contributed by atoms with Gasteiger partial charge in [0, 0.05) is 20.0 Å². The van der Waals surface area contributed by atoms with E-state index in [0.717, 1.165) is 0 Å². The van der Waals surface area contributed by atoms with Crippen LogP contribution in [-0.2, 0) is 9.59 Å². The van der Waals surface area contributed by atoms with E-state index in [0.29, 0.717) is 13.1 Å². The zero-order valence-corrected chi connectivity index (χ0v) is 8.15. The van der Waals surface area contributed by atoms with Gasteiger partial charge in [-0.2, -0.15) is 12.6 Å². The van der Waals surface area contributed by atoms with Crippen LogP contribution in [0.4, 0.5) is 0 Å². The molecule has 2 N–H and O–H groups in total. The van der Waals surface area contributed by atoms with Crippen molar-refractivity contribution in [3.8, 4) is 0 Å². The van der Waals surface area contributed by atoms with Gasteiger partial charge in [0.2, 0.25) is 11.8 Å². The quantitative estimate of drug-likeness (QED) is 0.416. The lowest BCUT2D eigenvalue weighted by molar-refractivity contribution is -0.121. The molecule has 0 fully saturated rings. The topological polar surface area (TPSA) is 58.2 Å². The van der Waals surface area contributed by atoms with Crippen molar-refractivity contribution < 1.29 is 9.59 Å². The maximum atomic E-state index is 10.9. The molecule has 0 heterocycles. The molecule has 0 aliphatic rings. The van der Waals surface area contributed by atoms with Crippen LogP contribution < -0.4 is 10.6 Å². The molecular weight excluding hydrogens is 176 g/mol. The molecule has 0 bridgehead atoms. The number of hydrogen-bond donors (Lipinski definition) is 3. The van der Waals surface area contributed by atoms with Crippen LogP contribution in [0.3, 0.4) is 0 Å². The van der Waals surface area contributed by atoms with Crippen molar-refractivity contribution in [2.45, 2.75) is 19.1 Å². The first-order valence-corrected chi connectivity index (χ1v) is 4.26. The Morgan fingerprint density at radius 1 is 1.33 bits per heavy atom. The van der Waals surface area contributed by atoms with Gasteiger partial charge in [-0.05, 0) is 6.92 Å². The standard InChI is InChI=1S/C7H14N2O2S/c1-5(12)7(11)9-4-3-8-6(2)10/h5,12H,3-4H2,1-2H3,(H,8,10)(H,9,11). The zero-order chi connectivity index (χ0) is 9.56. The first-order chi connectivity index (χ1) is 5.54. The van der Waals surface area contributed by atoms with Gasteiger partial charge in [0.15, 0.2) is 0 Å². The minimum atomic E-state index is -0.303. The molecule has 0 aliphatic carbocycles. The summed E-state index contributed by atoms with van der Waals surface area (Å²) in [6.45, 7) is 4.03. The van der Waals surface area contributed by atoms with Crippen molar-refractivity contribution in [1.29, 1.82) is 0 Å². The Kier molecular flexibility index (Phi) is 5.53. The van der Waals surface area contributed by atoms with Gasteiger partial charge in [0.1, 0.15) is 0 Å². The van der Waals surface area contributed by atoms with Crippen LogP contribution in [0.2, 0.25) is 0 Å². The molecule has 0 radical (unpaired) electrons. The average molecular weight is 190 g/mol. The summed E-state index contributed by atoms with van der Waals surface area (Å²) in [7, 11) is 0. The summed E-state index contributed by atoms with van der Waals surface area (Å²) in [5, 5.41) is 4.87. The molecule has 0 aliphatic heterocycles. The molecule has 0 spiro atoms. The van der Waals surface area contributed by atoms with Crippen molar-refractivity contribution in [3.05, 3.63) is 0 Å². The number of carbonyl (C=O) groups excluding carboxylic acids is 2. The number of amides is 2. The lowest BCUT2D eigenvalue weighted by Crippen LogP contribution is -2.36. The Labute approximate surface area is 77.5 Å². The van der Waals surface area contributed by atoms with Crippen LogP contribution in [0.1, 0.15) is 13.8 Å². The second kappa shape index (κ2) is 5.88. The Morgan fingerprint density at radius 3 is 2.25 bits per heavy atom. The van der Waals surface area contributed by atoms with Gasteiger partial charge in [-0.15, -0.1) is 0 Å². The normalized spacial score (nSPS) is 11.9. The van der Waals surface area contributed by atoms with Gasteiger partial charge in [-0.1, -0.05) is 0 Å². The molecule has 0 saturated heterocycles. The minimum Gasteiger partial charge on any atom is -0.355 e. The first kappa shape index (κ1) is 11.3. The highest BCUT2D eigenvalue weighted by Crippen LogP contribution is 1.89. The fourth-order valence-electron chi connectivity index (χ4n) is 0.572. The van der Waals surface area contributed by atoms with Crippen LogP contribution in [0.15, 0.2) is 0 Å². The molecular formula is C7H14N2O2S. The summed E-state index contributed by atoms with van der Waals surface area (Å²) in [4.78, 5) is 21.3. The molecule has 0 aromatic heterocycles. The van der Waals surface area contributed by atoms with E-state index in [9.17, 15) is 9.59 Å². The van der Waals surface area contributed by atoms with E-state index >= 15 is 0 Å². The molecule has 2 amide bonds. The van der Waals surface area contributed by atoms with Gasteiger partial charge in [-0.3, -0.25) is 9.59 Å². The minimum absolute atomic E-state index is 0.0943. The Hall–Kier alpha value is -0.710. The van der Waals surface area contributed by atoms with Gasteiger partial charge >= 0.3 is 0 Å². The van der Waals surface area contributed by atoms with Gasteiger partial charge < -0.3 is 10.6 Å². The number of carbonyl (C=O) groups is 2. The molecule has 5 heteroatoms. The Bertz CT molecular complexity index is 171. The highest BCUT2D eigenvalue weighted by molar-refractivity contribution is 7.81. The summed E-state index contributed by atoms with van der Waals surface area (Å²) >= 11 is 3.94. The Morgan fingerprint density at radius 2 is 1.83 bits per heavy atom. The fraction of sp³-hybridized carbons (Fsp3) is 0.714. The SMILES string of the molecule is CC(=O)NCCNC(=O)C(C)S. The molecule has 70 valence electrons. The van der Waals surface area contributed by atoms with E-state index < -0.39 is 0 Å². The smallest absolute Gasteiger partial charge is 0.232 e. The summed E-state index contributed by atoms with van der Waals surface area (Å²) in [5.74, 6) is -0.216. The molecule has 1 unspecified atom stereocenters. The summed E-state index contributed by atoms with van der Waals surface area (Å²) in [6, 6.07) is 0. The zero-order valence-electron chi connectivity index (χ0n) is 7.26. The molecule has 0 aromatic carbocycles. The Balaban J connectivity index is 3.32. The van der Waals surface area contributed by atoms with E-state index in [1.165, 1.54) is 6.92 Å². The van der Waals surface area contributed by atoms with Crippen molar-refractivity contribution in [2.75, 3.05) is 13.1 Å². The van der Waals surface area contributed by atoms with Gasteiger partial charge in [0.25, 0.3) is 0 Å². The fourth-order valence-corrected chi connectivity index (χ4v) is 0.663. The maximum Gasteiger partial charge on any atom is 0.232 e. The number of nitrogens with one attached hydrogen (secondary N) is 2. The van der Waals surface area contributed by atoms with Crippen LogP contribution in [0, 0.1) is 0 Å². The lowest BCUT2D eigenvalue weighted by Gasteiger charge is -2.06. The number of rotatable bonds is 4. The van der Waals surface area contributed by atoms with Crippen LogP contribution in [0.5, 0.6) is 0 Å². The highest BCUT2D eigenvalue weighted by atomic mass is 32.1. The van der Waals surface area contributed by atoms with Crippen molar-refractivity contribution in [3.63, 3.8) is 0 Å². The van der Waals surface area contributed by atoms with E-state index in [4.69, 9.17) is 0 Å². The largest absolute Gasteiger partial charge is 0.355 e. The van der Waals surface area contributed by atoms with E-state index in [1.54, 1.807) is 6.92 Å². The third-order valence-corrected chi connectivity index (χ3v) is 1.41. The second-order valence-electron chi connectivity index (χ2n) is 2.45. The van der Waals surface area contributed by atoms with Crippen LogP contribution in [0.25, 0.3) is 0 Å². The maximum absolute atomic E-state index is 10.9. The third-order valence-electron chi connectivity index (χ3n) is 1.18. The summed E-state index contributed by atoms with van der Waals surface area (Å²) in [5.41, 5.74) is 0. The predicted octanol–water partition coefficient (Wildman–Crippen LogP) is -0.443. The molecule has 1 atom stereocenters. The van der Waals surface area contributed by atoms with E-state index in [-0.39, 0.29) is 17.1 Å². The average Bonchev–Trinajstić information content (AvgIpc) is 1.97. The second-order valence-corrected chi connectivity index (χ2v) is 3.22. The van der Waals surface area contributed by atoms with Crippen molar-refractivity contribution in [1.82, 2.24) is 10.6 Å². The molecule has 0 aromatic rings. The summed E-state index contributed by atoms with van der Waals surface area (Å²) < 4.78 is 0. The van der Waals surface area contributed by atoms with E-state index in [2.05, 4.69) is 23.3 Å². The first-order valence-electron chi connectivity index (χ1n) is 3.74.